The third kappa shape index (κ3) is 5.78. The fourth-order valence-corrected chi connectivity index (χ4v) is 2.58. The van der Waals surface area contributed by atoms with E-state index in [-0.39, 0.29) is 6.09 Å². The summed E-state index contributed by atoms with van der Waals surface area (Å²) in [5.74, 6) is 0.543. The zero-order chi connectivity index (χ0) is 16.9. The number of likely N-dealkylation sites (tertiary alicyclic amines) is 1. The Morgan fingerprint density at radius 2 is 1.91 bits per heavy atom. The summed E-state index contributed by atoms with van der Waals surface area (Å²) >= 11 is 0. The molecule has 1 saturated heterocycles. The number of ether oxygens (including phenoxy) is 1. The number of carbonyl (C=O) groups is 1. The Bertz CT molecular complexity index is 504. The van der Waals surface area contributed by atoms with Crippen LogP contribution >= 0.6 is 0 Å². The lowest BCUT2D eigenvalue weighted by Gasteiger charge is -2.30. The molecule has 0 bridgehead atoms. The molecule has 1 aromatic heterocycles. The predicted molar refractivity (Wildman–Crippen MR) is 90.6 cm³/mol. The van der Waals surface area contributed by atoms with E-state index in [1.54, 1.807) is 4.90 Å². The highest BCUT2D eigenvalue weighted by atomic mass is 16.6. The molecule has 0 radical (unpaired) electrons. The predicted octanol–water partition coefficient (Wildman–Crippen LogP) is 3.01. The van der Waals surface area contributed by atoms with Gasteiger partial charge in [-0.25, -0.2) is 4.79 Å². The average Bonchev–Trinajstić information content (AvgIpc) is 2.48. The van der Waals surface area contributed by atoms with Crippen LogP contribution in [0.5, 0.6) is 0 Å². The minimum absolute atomic E-state index is 0.368. The first-order valence-electron chi connectivity index (χ1n) is 8.38. The number of rotatable bonds is 4. The summed E-state index contributed by atoms with van der Waals surface area (Å²) in [5, 5.41) is 8.21. The molecule has 1 amide bonds. The van der Waals surface area contributed by atoms with Gasteiger partial charge in [0, 0.05) is 13.1 Å². The molecule has 0 saturated carbocycles. The number of aromatic nitrogens is 2. The van der Waals surface area contributed by atoms with E-state index in [0.717, 1.165) is 25.3 Å². The van der Waals surface area contributed by atoms with Gasteiger partial charge in [0.1, 0.15) is 5.60 Å². The molecule has 2 heterocycles. The topological polar surface area (TPSA) is 58.6 Å². The molecule has 6 nitrogen and oxygen atoms in total. The maximum absolute atomic E-state index is 12.5. The number of anilines is 1. The summed E-state index contributed by atoms with van der Waals surface area (Å²) < 4.78 is 5.53. The SMILES string of the molecule is Cc1ccc(N(CCN2CCCCC2)C(=O)OC(C)(C)C)nn1. The van der Waals surface area contributed by atoms with Crippen LogP contribution in [0.3, 0.4) is 0 Å². The molecule has 6 heteroatoms. The van der Waals surface area contributed by atoms with Gasteiger partial charge in [0.15, 0.2) is 5.82 Å². The van der Waals surface area contributed by atoms with Gasteiger partial charge in [-0.3, -0.25) is 4.90 Å². The molecule has 0 atom stereocenters. The molecule has 1 aliphatic rings. The van der Waals surface area contributed by atoms with E-state index in [1.165, 1.54) is 19.3 Å². The third-order valence-electron chi connectivity index (χ3n) is 3.76. The van der Waals surface area contributed by atoms with Crippen LogP contribution in [0.1, 0.15) is 45.7 Å². The van der Waals surface area contributed by atoms with Gasteiger partial charge in [0.2, 0.25) is 0 Å². The van der Waals surface area contributed by atoms with Crippen LogP contribution in [0.4, 0.5) is 10.6 Å². The monoisotopic (exact) mass is 320 g/mol. The Morgan fingerprint density at radius 3 is 2.48 bits per heavy atom. The second-order valence-electron chi connectivity index (χ2n) is 7.07. The second-order valence-corrected chi connectivity index (χ2v) is 7.07. The number of aryl methyl sites for hydroxylation is 1. The molecule has 1 aliphatic heterocycles. The quantitative estimate of drug-likeness (QED) is 0.853. The van der Waals surface area contributed by atoms with E-state index < -0.39 is 5.60 Å². The van der Waals surface area contributed by atoms with E-state index in [1.807, 2.05) is 39.8 Å². The van der Waals surface area contributed by atoms with Crippen LogP contribution in [-0.4, -0.2) is 53.0 Å². The standard InChI is InChI=1S/C17H28N4O2/c1-14-8-9-15(19-18-14)21(16(22)23-17(2,3)4)13-12-20-10-6-5-7-11-20/h8-9H,5-7,10-13H2,1-4H3. The van der Waals surface area contributed by atoms with Crippen molar-refractivity contribution >= 4 is 11.9 Å². The average molecular weight is 320 g/mol. The molecule has 2 rings (SSSR count). The largest absolute Gasteiger partial charge is 0.443 e. The van der Waals surface area contributed by atoms with Gasteiger partial charge in [0.05, 0.1) is 5.69 Å². The van der Waals surface area contributed by atoms with Crippen LogP contribution < -0.4 is 4.90 Å². The van der Waals surface area contributed by atoms with E-state index in [2.05, 4.69) is 15.1 Å². The lowest BCUT2D eigenvalue weighted by Crippen LogP contribution is -2.43. The van der Waals surface area contributed by atoms with E-state index in [0.29, 0.717) is 12.4 Å². The van der Waals surface area contributed by atoms with Crippen LogP contribution in [-0.2, 0) is 4.74 Å². The Hall–Kier alpha value is -1.69. The summed E-state index contributed by atoms with van der Waals surface area (Å²) in [5.41, 5.74) is 0.299. The summed E-state index contributed by atoms with van der Waals surface area (Å²) in [6.07, 6.45) is 3.40. The van der Waals surface area contributed by atoms with Crippen molar-refractivity contribution in [1.82, 2.24) is 15.1 Å². The number of hydrogen-bond acceptors (Lipinski definition) is 5. The Morgan fingerprint density at radius 1 is 1.22 bits per heavy atom. The molecule has 0 unspecified atom stereocenters. The van der Waals surface area contributed by atoms with E-state index in [9.17, 15) is 4.79 Å². The van der Waals surface area contributed by atoms with E-state index in [4.69, 9.17) is 4.74 Å². The van der Waals surface area contributed by atoms with Crippen molar-refractivity contribution in [2.24, 2.45) is 0 Å². The first-order valence-corrected chi connectivity index (χ1v) is 8.38. The first-order chi connectivity index (χ1) is 10.8. The normalized spacial score (nSPS) is 16.2. The van der Waals surface area contributed by atoms with Crippen LogP contribution in [0.25, 0.3) is 0 Å². The molecule has 128 valence electrons. The highest BCUT2D eigenvalue weighted by molar-refractivity contribution is 5.86. The fraction of sp³-hybridized carbons (Fsp3) is 0.706. The van der Waals surface area contributed by atoms with Crippen molar-refractivity contribution in [1.29, 1.82) is 0 Å². The van der Waals surface area contributed by atoms with Gasteiger partial charge in [0.25, 0.3) is 0 Å². The lowest BCUT2D eigenvalue weighted by molar-refractivity contribution is 0.0574. The van der Waals surface area contributed by atoms with Crippen molar-refractivity contribution < 1.29 is 9.53 Å². The smallest absolute Gasteiger partial charge is 0.416 e. The van der Waals surface area contributed by atoms with E-state index >= 15 is 0 Å². The van der Waals surface area contributed by atoms with Gasteiger partial charge in [-0.2, -0.15) is 5.10 Å². The molecular weight excluding hydrogens is 292 g/mol. The summed E-state index contributed by atoms with van der Waals surface area (Å²) in [7, 11) is 0. The number of amides is 1. The van der Waals surface area contributed by atoms with Crippen molar-refractivity contribution in [3.8, 4) is 0 Å². The van der Waals surface area contributed by atoms with Crippen LogP contribution in [0, 0.1) is 6.92 Å². The highest BCUT2D eigenvalue weighted by Gasteiger charge is 2.25. The van der Waals surface area contributed by atoms with Crippen molar-refractivity contribution in [3.05, 3.63) is 17.8 Å². The molecule has 1 fully saturated rings. The number of carbonyl (C=O) groups excluding carboxylic acids is 1. The maximum atomic E-state index is 12.5. The summed E-state index contributed by atoms with van der Waals surface area (Å²) in [4.78, 5) is 16.5. The molecule has 0 aromatic carbocycles. The van der Waals surface area contributed by atoms with Crippen molar-refractivity contribution in [2.45, 2.75) is 52.6 Å². The third-order valence-corrected chi connectivity index (χ3v) is 3.76. The minimum atomic E-state index is -0.529. The Kier molecular flexibility index (Phi) is 5.93. The zero-order valence-corrected chi connectivity index (χ0v) is 14.7. The van der Waals surface area contributed by atoms with Crippen LogP contribution in [0.15, 0.2) is 12.1 Å². The maximum Gasteiger partial charge on any atom is 0.416 e. The van der Waals surface area contributed by atoms with Gasteiger partial charge < -0.3 is 9.64 Å². The second kappa shape index (κ2) is 7.73. The molecule has 23 heavy (non-hydrogen) atoms. The molecule has 1 aromatic rings. The molecule has 0 aliphatic carbocycles. The first kappa shape index (κ1) is 17.7. The zero-order valence-electron chi connectivity index (χ0n) is 14.7. The molecule has 0 spiro atoms. The minimum Gasteiger partial charge on any atom is -0.443 e. The summed E-state index contributed by atoms with van der Waals surface area (Å²) in [6, 6.07) is 3.68. The Balaban J connectivity index is 2.06. The fourth-order valence-electron chi connectivity index (χ4n) is 2.58. The lowest BCUT2D eigenvalue weighted by atomic mass is 10.1. The number of nitrogens with zero attached hydrogens (tertiary/aromatic N) is 4. The van der Waals surface area contributed by atoms with Gasteiger partial charge in [-0.1, -0.05) is 6.42 Å². The van der Waals surface area contributed by atoms with Gasteiger partial charge in [-0.15, -0.1) is 5.10 Å². The molecule has 0 N–H and O–H groups in total. The van der Waals surface area contributed by atoms with Gasteiger partial charge >= 0.3 is 6.09 Å². The number of hydrogen-bond donors (Lipinski definition) is 0. The van der Waals surface area contributed by atoms with Gasteiger partial charge in [-0.05, 0) is 65.8 Å². The van der Waals surface area contributed by atoms with Crippen LogP contribution in [0.2, 0.25) is 0 Å². The van der Waals surface area contributed by atoms with Crippen molar-refractivity contribution in [3.63, 3.8) is 0 Å². The molecular formula is C17H28N4O2. The number of piperidine rings is 1. The van der Waals surface area contributed by atoms with Crippen molar-refractivity contribution in [2.75, 3.05) is 31.1 Å². The highest BCUT2D eigenvalue weighted by Crippen LogP contribution is 2.16. The Labute approximate surface area is 138 Å². The summed E-state index contributed by atoms with van der Waals surface area (Å²) in [6.45, 7) is 11.1.